The summed E-state index contributed by atoms with van der Waals surface area (Å²) in [6.07, 6.45) is 5.55. The monoisotopic (exact) mass is 190 g/mol. The first-order chi connectivity index (χ1) is 5.35. The SMILES string of the molecule is CCCCC(CC)C[SiH2]O[SiH3]. The number of rotatable bonds is 7. The first-order valence-electron chi connectivity index (χ1n) is 4.84. The third kappa shape index (κ3) is 6.78. The number of hydrogen-bond donors (Lipinski definition) is 0. The van der Waals surface area contributed by atoms with Crippen LogP contribution in [0.25, 0.3) is 0 Å². The maximum Gasteiger partial charge on any atom is 0.146 e. The fraction of sp³-hybridized carbons (Fsp3) is 1.00. The van der Waals surface area contributed by atoms with Gasteiger partial charge in [-0.1, -0.05) is 39.5 Å². The van der Waals surface area contributed by atoms with Gasteiger partial charge in [0, 0.05) is 0 Å². The second-order valence-corrected chi connectivity index (χ2v) is 6.49. The van der Waals surface area contributed by atoms with Gasteiger partial charge in [0.25, 0.3) is 0 Å². The predicted octanol–water partition coefficient (Wildman–Crippen LogP) is 1.00. The molecule has 0 bridgehead atoms. The molecule has 0 aliphatic rings. The van der Waals surface area contributed by atoms with Gasteiger partial charge in [0.05, 0.1) is 0 Å². The standard InChI is InChI=1S/C8H22OSi2/c1-3-5-6-8(4-2)7-11-9-10/h8H,3-7,11H2,1-2,10H3. The summed E-state index contributed by atoms with van der Waals surface area (Å²) in [5, 5.41) is 0. The molecular weight excluding hydrogens is 168 g/mol. The Bertz CT molecular complexity index is 70.5. The summed E-state index contributed by atoms with van der Waals surface area (Å²) in [4.78, 5) is 0. The van der Waals surface area contributed by atoms with E-state index in [9.17, 15) is 0 Å². The average Bonchev–Trinajstić information content (AvgIpc) is 2.05. The summed E-state index contributed by atoms with van der Waals surface area (Å²) in [5.41, 5.74) is 0. The molecule has 0 aliphatic heterocycles. The van der Waals surface area contributed by atoms with Crippen LogP contribution in [-0.4, -0.2) is 20.2 Å². The van der Waals surface area contributed by atoms with Crippen molar-refractivity contribution in [3.05, 3.63) is 0 Å². The summed E-state index contributed by atoms with van der Waals surface area (Å²) >= 11 is 0. The topological polar surface area (TPSA) is 9.23 Å². The Morgan fingerprint density at radius 1 is 1.45 bits per heavy atom. The molecule has 11 heavy (non-hydrogen) atoms. The van der Waals surface area contributed by atoms with Crippen molar-refractivity contribution in [3.8, 4) is 0 Å². The second kappa shape index (κ2) is 8.49. The lowest BCUT2D eigenvalue weighted by atomic mass is 10.0. The lowest BCUT2D eigenvalue weighted by Gasteiger charge is -2.12. The van der Waals surface area contributed by atoms with Crippen molar-refractivity contribution in [2.45, 2.75) is 45.6 Å². The van der Waals surface area contributed by atoms with Crippen LogP contribution in [0.15, 0.2) is 0 Å². The third-order valence-electron chi connectivity index (χ3n) is 2.27. The summed E-state index contributed by atoms with van der Waals surface area (Å²) < 4.78 is 5.33. The Morgan fingerprint density at radius 3 is 2.64 bits per heavy atom. The summed E-state index contributed by atoms with van der Waals surface area (Å²) in [5.74, 6) is 0.982. The van der Waals surface area contributed by atoms with Crippen LogP contribution in [0, 0.1) is 5.92 Å². The largest absolute Gasteiger partial charge is 0.468 e. The van der Waals surface area contributed by atoms with E-state index in [1.807, 2.05) is 0 Å². The van der Waals surface area contributed by atoms with E-state index < -0.39 is 0 Å². The fourth-order valence-corrected chi connectivity index (χ4v) is 3.30. The smallest absolute Gasteiger partial charge is 0.146 e. The Balaban J connectivity index is 3.25. The molecule has 0 aromatic carbocycles. The number of unbranched alkanes of at least 4 members (excludes halogenated alkanes) is 1. The molecule has 0 saturated carbocycles. The van der Waals surface area contributed by atoms with Gasteiger partial charge in [-0.3, -0.25) is 0 Å². The molecule has 0 saturated heterocycles. The molecule has 1 unspecified atom stereocenters. The van der Waals surface area contributed by atoms with Crippen molar-refractivity contribution < 1.29 is 4.12 Å². The molecule has 1 atom stereocenters. The Morgan fingerprint density at radius 2 is 2.18 bits per heavy atom. The van der Waals surface area contributed by atoms with Gasteiger partial charge in [-0.2, -0.15) is 0 Å². The molecule has 68 valence electrons. The Kier molecular flexibility index (Phi) is 8.79. The van der Waals surface area contributed by atoms with Gasteiger partial charge in [-0.25, -0.2) is 0 Å². The van der Waals surface area contributed by atoms with Crippen LogP contribution >= 0.6 is 0 Å². The van der Waals surface area contributed by atoms with Crippen molar-refractivity contribution in [2.75, 3.05) is 0 Å². The van der Waals surface area contributed by atoms with Gasteiger partial charge >= 0.3 is 0 Å². The van der Waals surface area contributed by atoms with Crippen LogP contribution in [0.4, 0.5) is 0 Å². The minimum atomic E-state index is -0.103. The molecule has 0 spiro atoms. The van der Waals surface area contributed by atoms with Gasteiger partial charge in [-0.05, 0) is 12.0 Å². The first-order valence-corrected chi connectivity index (χ1v) is 7.23. The zero-order valence-corrected chi connectivity index (χ0v) is 11.6. The van der Waals surface area contributed by atoms with Crippen molar-refractivity contribution in [1.29, 1.82) is 0 Å². The van der Waals surface area contributed by atoms with Crippen molar-refractivity contribution >= 4 is 20.2 Å². The van der Waals surface area contributed by atoms with E-state index in [4.69, 9.17) is 4.12 Å². The highest BCUT2D eigenvalue weighted by Crippen LogP contribution is 2.16. The molecule has 0 fully saturated rings. The van der Waals surface area contributed by atoms with Crippen LogP contribution in [0.2, 0.25) is 6.04 Å². The predicted molar refractivity (Wildman–Crippen MR) is 57.7 cm³/mol. The van der Waals surface area contributed by atoms with Crippen LogP contribution in [0.1, 0.15) is 39.5 Å². The van der Waals surface area contributed by atoms with Gasteiger partial charge in [0.1, 0.15) is 20.2 Å². The maximum atomic E-state index is 5.33. The Labute approximate surface area is 76.4 Å². The van der Waals surface area contributed by atoms with Crippen LogP contribution in [-0.2, 0) is 4.12 Å². The van der Waals surface area contributed by atoms with Crippen LogP contribution in [0.3, 0.4) is 0 Å². The van der Waals surface area contributed by atoms with E-state index in [1.165, 1.54) is 31.7 Å². The van der Waals surface area contributed by atoms with Crippen molar-refractivity contribution in [1.82, 2.24) is 0 Å². The molecule has 0 aliphatic carbocycles. The van der Waals surface area contributed by atoms with Crippen LogP contribution < -0.4 is 0 Å². The van der Waals surface area contributed by atoms with Crippen molar-refractivity contribution in [2.24, 2.45) is 5.92 Å². The van der Waals surface area contributed by atoms with Crippen LogP contribution in [0.5, 0.6) is 0 Å². The molecule has 0 radical (unpaired) electrons. The van der Waals surface area contributed by atoms with Gasteiger partial charge < -0.3 is 4.12 Å². The van der Waals surface area contributed by atoms with E-state index in [-0.39, 0.29) is 9.76 Å². The highest BCUT2D eigenvalue weighted by molar-refractivity contribution is 6.34. The molecule has 1 nitrogen and oxygen atoms in total. The molecule has 0 amide bonds. The average molecular weight is 190 g/mol. The normalized spacial score (nSPS) is 14.7. The summed E-state index contributed by atoms with van der Waals surface area (Å²) in [6.45, 7) is 4.58. The zero-order chi connectivity index (χ0) is 8.53. The summed E-state index contributed by atoms with van der Waals surface area (Å²) in [7, 11) is 0.861. The maximum absolute atomic E-state index is 5.33. The lowest BCUT2D eigenvalue weighted by molar-refractivity contribution is 0.477. The number of hydrogen-bond acceptors (Lipinski definition) is 1. The molecule has 0 aromatic heterocycles. The van der Waals surface area contributed by atoms with Gasteiger partial charge in [0.15, 0.2) is 0 Å². The molecule has 3 heteroatoms. The molecule has 0 N–H and O–H groups in total. The van der Waals surface area contributed by atoms with E-state index in [2.05, 4.69) is 13.8 Å². The first kappa shape index (κ1) is 11.4. The molecule has 0 heterocycles. The van der Waals surface area contributed by atoms with E-state index in [0.717, 1.165) is 16.4 Å². The van der Waals surface area contributed by atoms with Gasteiger partial charge in [-0.15, -0.1) is 0 Å². The van der Waals surface area contributed by atoms with E-state index in [1.54, 1.807) is 0 Å². The van der Waals surface area contributed by atoms with Gasteiger partial charge in [0.2, 0.25) is 0 Å². The van der Waals surface area contributed by atoms with Crippen molar-refractivity contribution in [3.63, 3.8) is 0 Å². The molecular formula is C8H22OSi2. The second-order valence-electron chi connectivity index (χ2n) is 3.20. The lowest BCUT2D eigenvalue weighted by Crippen LogP contribution is -2.05. The Hall–Kier alpha value is 0.394. The highest BCUT2D eigenvalue weighted by atomic mass is 28.3. The quantitative estimate of drug-likeness (QED) is 0.544. The minimum absolute atomic E-state index is 0.103. The molecule has 0 aromatic rings. The van der Waals surface area contributed by atoms with E-state index >= 15 is 0 Å². The molecule has 0 rings (SSSR count). The minimum Gasteiger partial charge on any atom is -0.468 e. The van der Waals surface area contributed by atoms with E-state index in [0.29, 0.717) is 0 Å². The fourth-order valence-electron chi connectivity index (χ4n) is 1.33. The summed E-state index contributed by atoms with van der Waals surface area (Å²) in [6, 6.07) is 1.42. The zero-order valence-electron chi connectivity index (χ0n) is 8.23. The highest BCUT2D eigenvalue weighted by Gasteiger charge is 2.04. The third-order valence-corrected chi connectivity index (χ3v) is 4.96.